The molecule has 0 radical (unpaired) electrons. The summed E-state index contributed by atoms with van der Waals surface area (Å²) in [6.45, 7) is 13.6. The lowest BCUT2D eigenvalue weighted by molar-refractivity contribution is 0.766. The summed E-state index contributed by atoms with van der Waals surface area (Å²) >= 11 is 1.85. The van der Waals surface area contributed by atoms with Gasteiger partial charge in [0.05, 0.1) is 10.7 Å². The Morgan fingerprint density at radius 1 is 1.39 bits per heavy atom. The topological polar surface area (TPSA) is 3.24 Å². The van der Waals surface area contributed by atoms with Gasteiger partial charge in [-0.2, -0.15) is 0 Å². The zero-order valence-corrected chi connectivity index (χ0v) is 11.7. The van der Waals surface area contributed by atoms with Crippen molar-refractivity contribution in [2.75, 3.05) is 11.4 Å². The predicted octanol–water partition coefficient (Wildman–Crippen LogP) is 4.53. The third kappa shape index (κ3) is 1.49. The van der Waals surface area contributed by atoms with Crippen LogP contribution in [0.4, 0.5) is 5.69 Å². The average Bonchev–Trinajstić information content (AvgIpc) is 2.34. The molecule has 0 bridgehead atoms. The van der Waals surface area contributed by atoms with Crippen molar-refractivity contribution in [2.45, 2.75) is 18.6 Å². The number of allylic oxidation sites excluding steroid dienone is 2. The normalized spacial score (nSPS) is 20.2. The molecule has 1 nitrogen and oxygen atoms in total. The Hall–Kier alpha value is -1.41. The molecule has 3 rings (SSSR count). The second kappa shape index (κ2) is 3.79. The summed E-state index contributed by atoms with van der Waals surface area (Å²) in [6, 6.07) is 6.56. The first kappa shape index (κ1) is 11.7. The Morgan fingerprint density at radius 3 is 2.89 bits per heavy atom. The van der Waals surface area contributed by atoms with E-state index >= 15 is 0 Å². The molecule has 18 heavy (non-hydrogen) atoms. The lowest BCUT2D eigenvalue weighted by Crippen LogP contribution is -2.34. The van der Waals surface area contributed by atoms with Crippen LogP contribution >= 0.6 is 11.8 Å². The molecule has 2 aliphatic rings. The maximum Gasteiger partial charge on any atom is 0.0690 e. The molecule has 2 heteroatoms. The van der Waals surface area contributed by atoms with Crippen LogP contribution in [0, 0.1) is 0 Å². The number of hydrogen-bond donors (Lipinski definition) is 0. The molecule has 1 aromatic carbocycles. The molecule has 0 aliphatic carbocycles. The molecule has 92 valence electrons. The van der Waals surface area contributed by atoms with Crippen molar-refractivity contribution in [1.82, 2.24) is 0 Å². The minimum atomic E-state index is 0.0859. The molecule has 0 saturated carbocycles. The molecular formula is C16H17NS. The molecule has 0 fully saturated rings. The van der Waals surface area contributed by atoms with Gasteiger partial charge in [-0.25, -0.2) is 0 Å². The lowest BCUT2D eigenvalue weighted by atomic mass is 9.90. The molecule has 0 spiro atoms. The van der Waals surface area contributed by atoms with E-state index in [-0.39, 0.29) is 4.75 Å². The van der Waals surface area contributed by atoms with Crippen molar-refractivity contribution in [1.29, 1.82) is 0 Å². The third-order valence-electron chi connectivity index (χ3n) is 3.65. The van der Waals surface area contributed by atoms with E-state index in [1.54, 1.807) is 0 Å². The van der Waals surface area contributed by atoms with Gasteiger partial charge < -0.3 is 4.90 Å². The highest BCUT2D eigenvalue weighted by Crippen LogP contribution is 2.53. The Morgan fingerprint density at radius 2 is 2.17 bits per heavy atom. The highest BCUT2D eigenvalue weighted by molar-refractivity contribution is 8.04. The van der Waals surface area contributed by atoms with Crippen molar-refractivity contribution in [3.05, 3.63) is 59.7 Å². The third-order valence-corrected chi connectivity index (χ3v) is 4.84. The highest BCUT2D eigenvalue weighted by atomic mass is 32.2. The molecule has 0 atom stereocenters. The van der Waals surface area contributed by atoms with Gasteiger partial charge >= 0.3 is 0 Å². The summed E-state index contributed by atoms with van der Waals surface area (Å²) in [5.41, 5.74) is 5.23. The summed E-state index contributed by atoms with van der Waals surface area (Å²) in [6.07, 6.45) is 4.17. The van der Waals surface area contributed by atoms with Crippen LogP contribution in [0.5, 0.6) is 0 Å². The van der Waals surface area contributed by atoms with E-state index in [9.17, 15) is 0 Å². The molecule has 0 amide bonds. The first-order chi connectivity index (χ1) is 8.54. The van der Waals surface area contributed by atoms with Crippen LogP contribution < -0.4 is 4.90 Å². The maximum atomic E-state index is 4.22. The minimum absolute atomic E-state index is 0.0859. The zero-order valence-electron chi connectivity index (χ0n) is 10.9. The van der Waals surface area contributed by atoms with Crippen LogP contribution in [0.15, 0.2) is 48.5 Å². The number of benzene rings is 1. The standard InChI is InChI=1S/C16H17NS/c1-5-12-9-10-17-11(2)18-16(3,4)14-8-6-7-13(12)15(14)17/h5-9H,1-2,10H2,3-4H3. The summed E-state index contributed by atoms with van der Waals surface area (Å²) in [5, 5.41) is 1.14. The molecule has 0 aromatic heterocycles. The van der Waals surface area contributed by atoms with E-state index in [0.29, 0.717) is 0 Å². The summed E-state index contributed by atoms with van der Waals surface area (Å²) < 4.78 is 0.0859. The molecule has 0 N–H and O–H groups in total. The monoisotopic (exact) mass is 255 g/mol. The fourth-order valence-corrected chi connectivity index (χ4v) is 3.91. The number of thioether (sulfide) groups is 1. The molecular weight excluding hydrogens is 238 g/mol. The van der Waals surface area contributed by atoms with Crippen LogP contribution in [0.2, 0.25) is 0 Å². The molecule has 1 aromatic rings. The number of rotatable bonds is 1. The smallest absolute Gasteiger partial charge is 0.0690 e. The Labute approximate surface area is 113 Å². The number of hydrogen-bond acceptors (Lipinski definition) is 2. The molecule has 2 heterocycles. The van der Waals surface area contributed by atoms with Crippen LogP contribution in [-0.2, 0) is 4.75 Å². The van der Waals surface area contributed by atoms with Gasteiger partial charge in [-0.1, -0.05) is 55.3 Å². The largest absolute Gasteiger partial charge is 0.332 e. The average molecular weight is 255 g/mol. The second-order valence-corrected chi connectivity index (χ2v) is 6.88. The van der Waals surface area contributed by atoms with Gasteiger partial charge in [0.2, 0.25) is 0 Å². The number of nitrogens with zero attached hydrogens (tertiary/aromatic N) is 1. The fraction of sp³-hybridized carbons (Fsp3) is 0.250. The van der Waals surface area contributed by atoms with Crippen LogP contribution in [0.25, 0.3) is 5.57 Å². The van der Waals surface area contributed by atoms with Crippen molar-refractivity contribution >= 4 is 23.0 Å². The van der Waals surface area contributed by atoms with Gasteiger partial charge in [-0.15, -0.1) is 0 Å². The summed E-state index contributed by atoms with van der Waals surface area (Å²) in [5.74, 6) is 0. The zero-order chi connectivity index (χ0) is 12.9. The van der Waals surface area contributed by atoms with E-state index in [2.05, 4.69) is 56.2 Å². The van der Waals surface area contributed by atoms with Crippen LogP contribution in [0.1, 0.15) is 25.0 Å². The van der Waals surface area contributed by atoms with E-state index in [4.69, 9.17) is 0 Å². The highest BCUT2D eigenvalue weighted by Gasteiger charge is 2.36. The van der Waals surface area contributed by atoms with Crippen molar-refractivity contribution in [3.63, 3.8) is 0 Å². The van der Waals surface area contributed by atoms with Gasteiger partial charge in [0, 0.05) is 16.9 Å². The fourth-order valence-electron chi connectivity index (χ4n) is 2.77. The van der Waals surface area contributed by atoms with Gasteiger partial charge in [-0.05, 0) is 25.0 Å². The minimum Gasteiger partial charge on any atom is -0.332 e. The molecule has 0 unspecified atom stereocenters. The van der Waals surface area contributed by atoms with Gasteiger partial charge in [-0.3, -0.25) is 0 Å². The van der Waals surface area contributed by atoms with E-state index in [0.717, 1.165) is 11.6 Å². The summed E-state index contributed by atoms with van der Waals surface area (Å²) in [4.78, 5) is 2.31. The van der Waals surface area contributed by atoms with Crippen molar-refractivity contribution in [3.8, 4) is 0 Å². The van der Waals surface area contributed by atoms with Crippen molar-refractivity contribution < 1.29 is 0 Å². The summed E-state index contributed by atoms with van der Waals surface area (Å²) in [7, 11) is 0. The second-order valence-electron chi connectivity index (χ2n) is 5.18. The first-order valence-electron chi connectivity index (χ1n) is 6.16. The van der Waals surface area contributed by atoms with Gasteiger partial charge in [0.15, 0.2) is 0 Å². The van der Waals surface area contributed by atoms with Gasteiger partial charge in [0.1, 0.15) is 0 Å². The maximum absolute atomic E-state index is 4.22. The SMILES string of the molecule is C=CC1=CCN2C(=C)SC(C)(C)c3cccc1c32. The first-order valence-corrected chi connectivity index (χ1v) is 6.98. The van der Waals surface area contributed by atoms with E-state index in [1.807, 2.05) is 17.8 Å². The predicted molar refractivity (Wildman–Crippen MR) is 81.7 cm³/mol. The van der Waals surface area contributed by atoms with E-state index < -0.39 is 0 Å². The van der Waals surface area contributed by atoms with Gasteiger partial charge in [0.25, 0.3) is 0 Å². The Balaban J connectivity index is 2.32. The lowest BCUT2D eigenvalue weighted by Gasteiger charge is -2.43. The molecule has 2 aliphatic heterocycles. The van der Waals surface area contributed by atoms with Crippen LogP contribution in [0.3, 0.4) is 0 Å². The van der Waals surface area contributed by atoms with Crippen LogP contribution in [-0.4, -0.2) is 6.54 Å². The van der Waals surface area contributed by atoms with E-state index in [1.165, 1.54) is 22.4 Å². The Kier molecular flexibility index (Phi) is 2.46. The molecule has 0 saturated heterocycles. The van der Waals surface area contributed by atoms with Crippen molar-refractivity contribution in [2.24, 2.45) is 0 Å². The Bertz CT molecular complexity index is 581. The number of para-hydroxylation sites is 1. The number of anilines is 1. The quantitative estimate of drug-likeness (QED) is 0.725.